The Kier molecular flexibility index (Phi) is 11.4. The number of aliphatic hydroxyl groups is 1. The molecular weight excluding hydrogens is 494 g/mol. The number of benzene rings is 1. The number of amides is 3. The summed E-state index contributed by atoms with van der Waals surface area (Å²) in [4.78, 5) is 43.2. The van der Waals surface area contributed by atoms with Crippen LogP contribution in [0.4, 0.5) is 0 Å². The molecule has 3 amide bonds. The van der Waals surface area contributed by atoms with Crippen molar-refractivity contribution in [3.8, 4) is 0 Å². The molecule has 0 aliphatic carbocycles. The number of nitrogens with two attached hydrogens (primary N) is 1. The van der Waals surface area contributed by atoms with E-state index in [1.54, 1.807) is 11.9 Å². The Morgan fingerprint density at radius 1 is 1.23 bits per heavy atom. The Labute approximate surface area is 232 Å². The van der Waals surface area contributed by atoms with Crippen LogP contribution in [0.3, 0.4) is 0 Å². The minimum Gasteiger partial charge on any atom is -0.390 e. The molecule has 2 aromatic rings. The van der Waals surface area contributed by atoms with Gasteiger partial charge in [0.2, 0.25) is 17.7 Å². The third-order valence-electron chi connectivity index (χ3n) is 7.93. The Bertz CT molecular complexity index is 1070. The van der Waals surface area contributed by atoms with E-state index in [9.17, 15) is 19.5 Å². The van der Waals surface area contributed by atoms with Gasteiger partial charge in [0.25, 0.3) is 0 Å². The number of H-pyrrole nitrogens is 1. The van der Waals surface area contributed by atoms with Crippen LogP contribution in [0.5, 0.6) is 0 Å². The lowest BCUT2D eigenvalue weighted by Crippen LogP contribution is -2.43. The average molecular weight is 542 g/mol. The second-order valence-corrected chi connectivity index (χ2v) is 11.6. The molecule has 1 fully saturated rings. The molecule has 9 nitrogen and oxygen atoms in total. The van der Waals surface area contributed by atoms with Gasteiger partial charge in [-0.05, 0) is 76.3 Å². The summed E-state index contributed by atoms with van der Waals surface area (Å²) in [5, 5.41) is 17.7. The van der Waals surface area contributed by atoms with Crippen LogP contribution in [0.2, 0.25) is 0 Å². The zero-order valence-electron chi connectivity index (χ0n) is 23.8. The zero-order chi connectivity index (χ0) is 28.4. The standard InChI is InChI=1S/C30H47N5O4/c1-21-10-8-14-30(2,39)15-9-17-35(3)27(36)19-23(34-28(21)37)11-6-7-16-32-29(38)25(31)18-22-20-33-26-13-5-4-12-24(22)26/h4-5,12-13,20-21,23,25,33,39H,6-11,14-19,31H2,1-3H3,(H,32,38)(H,34,37)/t21?,23-,25?,30?/m0/s1. The van der Waals surface area contributed by atoms with Gasteiger partial charge in [0.05, 0.1) is 11.6 Å². The molecule has 1 aromatic heterocycles. The zero-order valence-corrected chi connectivity index (χ0v) is 23.8. The van der Waals surface area contributed by atoms with E-state index in [1.807, 2.05) is 44.3 Å². The normalized spacial score (nSPS) is 24.7. The van der Waals surface area contributed by atoms with E-state index in [4.69, 9.17) is 5.73 Å². The second kappa shape index (κ2) is 14.5. The number of fused-ring (bicyclic) bond motifs is 1. The topological polar surface area (TPSA) is 141 Å². The molecule has 3 rings (SSSR count). The van der Waals surface area contributed by atoms with Crippen LogP contribution in [0, 0.1) is 5.92 Å². The van der Waals surface area contributed by atoms with E-state index in [1.165, 1.54) is 0 Å². The quantitative estimate of drug-likeness (QED) is 0.327. The Morgan fingerprint density at radius 3 is 2.77 bits per heavy atom. The Hall–Kier alpha value is -2.91. The van der Waals surface area contributed by atoms with Gasteiger partial charge < -0.3 is 31.4 Å². The molecule has 0 spiro atoms. The summed E-state index contributed by atoms with van der Waals surface area (Å²) in [7, 11) is 1.78. The third-order valence-corrected chi connectivity index (χ3v) is 7.93. The first-order valence-corrected chi connectivity index (χ1v) is 14.4. The fraction of sp³-hybridized carbons (Fsp3) is 0.633. The van der Waals surface area contributed by atoms with Crippen molar-refractivity contribution in [3.05, 3.63) is 36.0 Å². The van der Waals surface area contributed by atoms with Crippen molar-refractivity contribution in [3.63, 3.8) is 0 Å². The predicted octanol–water partition coefficient (Wildman–Crippen LogP) is 3.01. The van der Waals surface area contributed by atoms with Crippen molar-refractivity contribution >= 4 is 28.6 Å². The van der Waals surface area contributed by atoms with Gasteiger partial charge in [0.15, 0.2) is 0 Å². The molecule has 1 aliphatic rings. The number of hydrogen-bond acceptors (Lipinski definition) is 5. The summed E-state index contributed by atoms with van der Waals surface area (Å²) in [6.45, 7) is 4.81. The van der Waals surface area contributed by atoms with Crippen LogP contribution >= 0.6 is 0 Å². The van der Waals surface area contributed by atoms with Crippen molar-refractivity contribution in [2.24, 2.45) is 11.7 Å². The number of aromatic nitrogens is 1. The Morgan fingerprint density at radius 2 is 1.97 bits per heavy atom. The van der Waals surface area contributed by atoms with Crippen LogP contribution in [0.1, 0.15) is 77.2 Å². The molecule has 3 unspecified atom stereocenters. The molecule has 1 aliphatic heterocycles. The molecule has 9 heteroatoms. The number of nitrogens with one attached hydrogen (secondary N) is 3. The van der Waals surface area contributed by atoms with Crippen LogP contribution in [0.15, 0.2) is 30.5 Å². The summed E-state index contributed by atoms with van der Waals surface area (Å²) in [5.74, 6) is -0.432. The van der Waals surface area contributed by atoms with E-state index in [0.29, 0.717) is 45.2 Å². The number of carbonyl (C=O) groups excluding carboxylic acids is 3. The number of carbonyl (C=O) groups is 3. The van der Waals surface area contributed by atoms with Gasteiger partial charge in [-0.3, -0.25) is 14.4 Å². The van der Waals surface area contributed by atoms with Crippen molar-refractivity contribution in [1.82, 2.24) is 20.5 Å². The van der Waals surface area contributed by atoms with Crippen molar-refractivity contribution in [2.45, 2.75) is 95.7 Å². The summed E-state index contributed by atoms with van der Waals surface area (Å²) < 4.78 is 0. The van der Waals surface area contributed by atoms with Crippen molar-refractivity contribution < 1.29 is 19.5 Å². The summed E-state index contributed by atoms with van der Waals surface area (Å²) in [5.41, 5.74) is 7.45. The minimum absolute atomic E-state index is 0.0128. The summed E-state index contributed by atoms with van der Waals surface area (Å²) in [6, 6.07) is 7.06. The Balaban J connectivity index is 1.46. The van der Waals surface area contributed by atoms with E-state index in [0.717, 1.165) is 42.1 Å². The maximum Gasteiger partial charge on any atom is 0.237 e. The number of nitrogens with zero attached hydrogens (tertiary/aromatic N) is 1. The fourth-order valence-corrected chi connectivity index (χ4v) is 5.29. The van der Waals surface area contributed by atoms with Gasteiger partial charge in [0.1, 0.15) is 0 Å². The van der Waals surface area contributed by atoms with Crippen molar-refractivity contribution in [1.29, 1.82) is 0 Å². The SMILES string of the molecule is CC1CCCC(C)(O)CCCN(C)C(=O)C[C@H](CCCCNC(=O)C(N)Cc2c[nH]c3ccccc23)NC1=O. The van der Waals surface area contributed by atoms with E-state index in [2.05, 4.69) is 15.6 Å². The summed E-state index contributed by atoms with van der Waals surface area (Å²) in [6.07, 6.45) is 8.24. The maximum atomic E-state index is 12.8. The first kappa shape index (κ1) is 30.6. The number of aromatic amines is 1. The summed E-state index contributed by atoms with van der Waals surface area (Å²) >= 11 is 0. The molecule has 1 aromatic carbocycles. The highest BCUT2D eigenvalue weighted by Crippen LogP contribution is 2.23. The molecule has 2 heterocycles. The van der Waals surface area contributed by atoms with Gasteiger partial charge in [-0.1, -0.05) is 25.1 Å². The highest BCUT2D eigenvalue weighted by atomic mass is 16.3. The largest absolute Gasteiger partial charge is 0.390 e. The highest BCUT2D eigenvalue weighted by Gasteiger charge is 2.25. The highest BCUT2D eigenvalue weighted by molar-refractivity contribution is 5.86. The van der Waals surface area contributed by atoms with Crippen LogP contribution < -0.4 is 16.4 Å². The third kappa shape index (κ3) is 9.65. The van der Waals surface area contributed by atoms with Gasteiger partial charge >= 0.3 is 0 Å². The second-order valence-electron chi connectivity index (χ2n) is 11.6. The number of rotatable bonds is 8. The van der Waals surface area contributed by atoms with E-state index in [-0.39, 0.29) is 36.1 Å². The number of para-hydroxylation sites is 1. The maximum absolute atomic E-state index is 12.8. The van der Waals surface area contributed by atoms with Crippen molar-refractivity contribution in [2.75, 3.05) is 20.1 Å². The molecule has 39 heavy (non-hydrogen) atoms. The first-order valence-electron chi connectivity index (χ1n) is 14.4. The lowest BCUT2D eigenvalue weighted by molar-refractivity contribution is -0.131. The molecule has 6 N–H and O–H groups in total. The average Bonchev–Trinajstić information content (AvgIpc) is 3.29. The van der Waals surface area contributed by atoms with Gasteiger partial charge in [-0.25, -0.2) is 0 Å². The molecule has 0 bridgehead atoms. The monoisotopic (exact) mass is 541 g/mol. The molecule has 4 atom stereocenters. The van der Waals surface area contributed by atoms with Crippen LogP contribution in [-0.4, -0.2) is 70.5 Å². The van der Waals surface area contributed by atoms with Gasteiger partial charge in [0, 0.05) is 55.6 Å². The smallest absolute Gasteiger partial charge is 0.237 e. The lowest BCUT2D eigenvalue weighted by atomic mass is 9.91. The van der Waals surface area contributed by atoms with Gasteiger partial charge in [-0.2, -0.15) is 0 Å². The molecule has 1 saturated heterocycles. The molecule has 0 saturated carbocycles. The van der Waals surface area contributed by atoms with Crippen LogP contribution in [-0.2, 0) is 20.8 Å². The van der Waals surface area contributed by atoms with E-state index >= 15 is 0 Å². The van der Waals surface area contributed by atoms with E-state index < -0.39 is 11.6 Å². The predicted molar refractivity (Wildman–Crippen MR) is 154 cm³/mol. The molecular formula is C30H47N5O4. The minimum atomic E-state index is -0.775. The fourth-order valence-electron chi connectivity index (χ4n) is 5.29. The number of unbranched alkanes of at least 4 members (excludes halogenated alkanes) is 1. The molecule has 216 valence electrons. The first-order chi connectivity index (χ1) is 18.6. The van der Waals surface area contributed by atoms with Gasteiger partial charge in [-0.15, -0.1) is 0 Å². The molecule has 0 radical (unpaired) electrons. The van der Waals surface area contributed by atoms with Crippen LogP contribution in [0.25, 0.3) is 10.9 Å². The lowest BCUT2D eigenvalue weighted by Gasteiger charge is -2.28. The number of hydrogen-bond donors (Lipinski definition) is 5.